The summed E-state index contributed by atoms with van der Waals surface area (Å²) in [6.45, 7) is 5.82. The molecule has 6 nitrogen and oxygen atoms in total. The smallest absolute Gasteiger partial charge is 0.264 e. The quantitative estimate of drug-likeness (QED) is 0.0689. The Bertz CT molecular complexity index is 607. The second-order valence-electron chi connectivity index (χ2n) is 10.5. The number of unbranched alkanes of at least 4 members (excludes halogenated alkanes) is 15. The summed E-state index contributed by atoms with van der Waals surface area (Å²) in [5.74, 6) is 0.0993. The van der Waals surface area contributed by atoms with Gasteiger partial charge in [-0.2, -0.15) is 8.42 Å². The number of carbonyl (C=O) groups is 1. The Morgan fingerprint density at radius 2 is 1.16 bits per heavy atom. The van der Waals surface area contributed by atoms with Gasteiger partial charge in [0.15, 0.2) is 0 Å². The number of hydrogen-bond donors (Lipinski definition) is 2. The topological polar surface area (TPSA) is 86.7 Å². The van der Waals surface area contributed by atoms with E-state index in [4.69, 9.17) is 4.55 Å². The molecule has 7 heteroatoms. The molecular weight excluding hydrogens is 484 g/mol. The van der Waals surface area contributed by atoms with Crippen molar-refractivity contribution in [1.82, 2.24) is 10.2 Å². The largest absolute Gasteiger partial charge is 0.356 e. The summed E-state index contributed by atoms with van der Waals surface area (Å²) < 4.78 is 27.6. The summed E-state index contributed by atoms with van der Waals surface area (Å²) >= 11 is 0. The number of nitrogens with zero attached hydrogens (tertiary/aromatic N) is 1. The molecule has 0 aromatic rings. The third-order valence-corrected chi connectivity index (χ3v) is 7.16. The summed E-state index contributed by atoms with van der Waals surface area (Å²) in [7, 11) is 0.461. The molecular formula is C30H62N2O4S. The van der Waals surface area contributed by atoms with Crippen molar-refractivity contribution >= 4 is 16.0 Å². The van der Waals surface area contributed by atoms with E-state index in [1.807, 2.05) is 0 Å². The molecule has 2 N–H and O–H groups in total. The zero-order valence-electron chi connectivity index (χ0n) is 24.9. The van der Waals surface area contributed by atoms with E-state index in [1.54, 1.807) is 6.92 Å². The number of carbonyl (C=O) groups excluding carboxylic acids is 1. The molecule has 0 aliphatic rings. The van der Waals surface area contributed by atoms with Crippen LogP contribution in [0.25, 0.3) is 0 Å². The Hall–Kier alpha value is -0.920. The van der Waals surface area contributed by atoms with Crippen molar-refractivity contribution in [3.8, 4) is 0 Å². The van der Waals surface area contributed by atoms with Gasteiger partial charge in [0.25, 0.3) is 10.1 Å². The van der Waals surface area contributed by atoms with Gasteiger partial charge in [-0.15, -0.1) is 0 Å². The van der Waals surface area contributed by atoms with Crippen LogP contribution in [0.3, 0.4) is 0 Å². The molecule has 0 spiro atoms. The van der Waals surface area contributed by atoms with Crippen LogP contribution in [-0.2, 0) is 14.9 Å². The fraction of sp³-hybridized carbons (Fsp3) is 0.900. The van der Waals surface area contributed by atoms with Crippen molar-refractivity contribution in [3.05, 3.63) is 12.2 Å². The highest BCUT2D eigenvalue weighted by Crippen LogP contribution is 2.12. The van der Waals surface area contributed by atoms with E-state index < -0.39 is 10.1 Å². The second kappa shape index (κ2) is 29.6. The molecule has 0 bridgehead atoms. The zero-order chi connectivity index (χ0) is 28.0. The van der Waals surface area contributed by atoms with Crippen LogP contribution in [0.15, 0.2) is 12.2 Å². The van der Waals surface area contributed by atoms with Crippen molar-refractivity contribution in [1.29, 1.82) is 0 Å². The van der Waals surface area contributed by atoms with Crippen molar-refractivity contribution in [2.45, 2.75) is 142 Å². The minimum Gasteiger partial charge on any atom is -0.356 e. The third-order valence-electron chi connectivity index (χ3n) is 6.23. The highest BCUT2D eigenvalue weighted by molar-refractivity contribution is 7.85. The maximum atomic E-state index is 11.7. The van der Waals surface area contributed by atoms with Crippen molar-refractivity contribution in [2.24, 2.45) is 0 Å². The maximum absolute atomic E-state index is 11.7. The Morgan fingerprint density at radius 3 is 1.57 bits per heavy atom. The number of allylic oxidation sites excluding steroid dienone is 2. The lowest BCUT2D eigenvalue weighted by molar-refractivity contribution is -0.121. The van der Waals surface area contributed by atoms with E-state index in [0.717, 1.165) is 25.9 Å². The molecule has 0 heterocycles. The summed E-state index contributed by atoms with van der Waals surface area (Å²) in [5, 5.41) is 3.03. The molecule has 0 unspecified atom stereocenters. The lowest BCUT2D eigenvalue weighted by atomic mass is 10.1. The Labute approximate surface area is 231 Å². The van der Waals surface area contributed by atoms with Crippen LogP contribution in [0.2, 0.25) is 0 Å². The molecule has 0 fully saturated rings. The molecule has 0 aliphatic heterocycles. The molecule has 0 radical (unpaired) electrons. The monoisotopic (exact) mass is 546 g/mol. The van der Waals surface area contributed by atoms with Crippen LogP contribution < -0.4 is 5.32 Å². The predicted octanol–water partition coefficient (Wildman–Crippen LogP) is 7.94. The van der Waals surface area contributed by atoms with E-state index in [0.29, 0.717) is 12.8 Å². The number of rotatable bonds is 25. The standard InChI is InChI=1S/C27H54N2O.C3H8O3S/c1-4-5-6-7-8-9-10-11-12-13-14-15-16-17-18-19-20-21-22-24-27(30)28-25-23-26-29(2)3;1-2-3-7(4,5)6/h11-12H,4-10,13-26H2,1-3H3,(H,28,30);2-3H2,1H3,(H,4,5,6)/b12-11-;. The van der Waals surface area contributed by atoms with E-state index in [9.17, 15) is 13.2 Å². The second-order valence-corrected chi connectivity index (χ2v) is 12.1. The minimum absolute atomic E-state index is 0.132. The van der Waals surface area contributed by atoms with Gasteiger partial charge in [-0.05, 0) is 65.6 Å². The lowest BCUT2D eigenvalue weighted by Gasteiger charge is -2.09. The zero-order valence-corrected chi connectivity index (χ0v) is 25.8. The van der Waals surface area contributed by atoms with Gasteiger partial charge in [0.05, 0.1) is 5.75 Å². The van der Waals surface area contributed by atoms with E-state index in [-0.39, 0.29) is 11.7 Å². The van der Waals surface area contributed by atoms with Gasteiger partial charge in [-0.25, -0.2) is 0 Å². The van der Waals surface area contributed by atoms with Gasteiger partial charge in [0.2, 0.25) is 5.91 Å². The fourth-order valence-electron chi connectivity index (χ4n) is 4.03. The highest BCUT2D eigenvalue weighted by Gasteiger charge is 2.01. The van der Waals surface area contributed by atoms with Crippen molar-refractivity contribution in [2.75, 3.05) is 32.9 Å². The molecule has 0 aromatic carbocycles. The van der Waals surface area contributed by atoms with E-state index >= 15 is 0 Å². The van der Waals surface area contributed by atoms with Crippen LogP contribution in [0.1, 0.15) is 142 Å². The van der Waals surface area contributed by atoms with E-state index in [1.165, 1.54) is 103 Å². The van der Waals surface area contributed by atoms with E-state index in [2.05, 4.69) is 43.4 Å². The van der Waals surface area contributed by atoms with Crippen LogP contribution in [0, 0.1) is 0 Å². The number of nitrogens with one attached hydrogen (secondary N) is 1. The molecule has 0 aromatic heterocycles. The summed E-state index contributed by atoms with van der Waals surface area (Å²) in [4.78, 5) is 13.9. The molecule has 0 rings (SSSR count). The maximum Gasteiger partial charge on any atom is 0.264 e. The highest BCUT2D eigenvalue weighted by atomic mass is 32.2. The SMILES string of the molecule is CCCCCCCC/C=C\CCCCCCCCCCCC(=O)NCCCN(C)C.CCCS(=O)(=O)O. The number of hydrogen-bond acceptors (Lipinski definition) is 4. The molecule has 1 amide bonds. The Kier molecular flexibility index (Phi) is 30.6. The van der Waals surface area contributed by atoms with Gasteiger partial charge in [-0.3, -0.25) is 9.35 Å². The Balaban J connectivity index is 0. The summed E-state index contributed by atoms with van der Waals surface area (Å²) in [6.07, 6.45) is 29.7. The van der Waals surface area contributed by atoms with Crippen LogP contribution in [0.4, 0.5) is 0 Å². The lowest BCUT2D eigenvalue weighted by Crippen LogP contribution is -2.26. The number of amides is 1. The normalized spacial score (nSPS) is 11.6. The fourth-order valence-corrected chi connectivity index (χ4v) is 4.55. The van der Waals surface area contributed by atoms with Crippen molar-refractivity contribution in [3.63, 3.8) is 0 Å². The minimum atomic E-state index is -3.67. The van der Waals surface area contributed by atoms with Gasteiger partial charge in [0, 0.05) is 13.0 Å². The first kappa shape index (κ1) is 38.2. The molecule has 0 saturated heterocycles. The van der Waals surface area contributed by atoms with Crippen LogP contribution >= 0.6 is 0 Å². The van der Waals surface area contributed by atoms with Gasteiger partial charge >= 0.3 is 0 Å². The molecule has 0 saturated carbocycles. The molecule has 0 atom stereocenters. The average molecular weight is 547 g/mol. The Morgan fingerprint density at radius 1 is 0.703 bits per heavy atom. The van der Waals surface area contributed by atoms with Crippen LogP contribution in [0.5, 0.6) is 0 Å². The van der Waals surface area contributed by atoms with Gasteiger partial charge in [0.1, 0.15) is 0 Å². The summed E-state index contributed by atoms with van der Waals surface area (Å²) in [6, 6.07) is 0. The van der Waals surface area contributed by atoms with Crippen molar-refractivity contribution < 1.29 is 17.8 Å². The third kappa shape index (κ3) is 39.7. The average Bonchev–Trinajstić information content (AvgIpc) is 2.83. The van der Waals surface area contributed by atoms with Gasteiger partial charge < -0.3 is 10.2 Å². The first-order valence-corrected chi connectivity index (χ1v) is 16.8. The summed E-state index contributed by atoms with van der Waals surface area (Å²) in [5.41, 5.74) is 0. The molecule has 0 aliphatic carbocycles. The molecule has 37 heavy (non-hydrogen) atoms. The van der Waals surface area contributed by atoms with Crippen LogP contribution in [-0.4, -0.2) is 56.7 Å². The first-order valence-electron chi connectivity index (χ1n) is 15.2. The predicted molar refractivity (Wildman–Crippen MR) is 161 cm³/mol. The first-order chi connectivity index (χ1) is 17.7. The molecule has 222 valence electrons. The van der Waals surface area contributed by atoms with Gasteiger partial charge in [-0.1, -0.05) is 103 Å².